The molecule has 4 rings (SSSR count). The zero-order valence-corrected chi connectivity index (χ0v) is 57.6. The van der Waals surface area contributed by atoms with Crippen LogP contribution in [0.5, 0.6) is 0 Å². The summed E-state index contributed by atoms with van der Waals surface area (Å²) in [6.07, 6.45) is 0. The van der Waals surface area contributed by atoms with Gasteiger partial charge in [-0.05, 0) is 152 Å². The topological polar surface area (TPSA) is 0 Å². The minimum atomic E-state index is -1.93. The van der Waals surface area contributed by atoms with Gasteiger partial charge in [-0.15, -0.1) is 0 Å². The highest BCUT2D eigenvalue weighted by Gasteiger charge is 2.43. The number of hydrogen-bond donors (Lipinski definition) is 0. The molecule has 0 spiro atoms. The first-order valence-corrected chi connectivity index (χ1v) is 32.9. The molecule has 0 bridgehead atoms. The van der Waals surface area contributed by atoms with Gasteiger partial charge in [0.1, 0.15) is 0 Å². The Kier molecular flexibility index (Phi) is 16.9. The molecule has 0 unspecified atom stereocenters. The van der Waals surface area contributed by atoms with Crippen molar-refractivity contribution in [3.63, 3.8) is 0 Å². The third-order valence-corrected chi connectivity index (χ3v) is 24.9. The van der Waals surface area contributed by atoms with Crippen LogP contribution in [0.4, 0.5) is 0 Å². The van der Waals surface area contributed by atoms with Gasteiger partial charge >= 0.3 is 0 Å². The van der Waals surface area contributed by atoms with Gasteiger partial charge in [0.25, 0.3) is 0 Å². The molecule has 4 aromatic carbocycles. The molecule has 74 heavy (non-hydrogen) atoms. The molecular weight excluding hydrogens is 921 g/mol. The van der Waals surface area contributed by atoms with Crippen molar-refractivity contribution in [1.29, 1.82) is 0 Å². The molecule has 0 aliphatic rings. The van der Waals surface area contributed by atoms with Crippen molar-refractivity contribution in [3.05, 3.63) is 115 Å². The summed E-state index contributed by atoms with van der Waals surface area (Å²) < 4.78 is 0. The van der Waals surface area contributed by atoms with E-state index in [0.29, 0.717) is 0 Å². The van der Waals surface area contributed by atoms with Crippen LogP contribution in [-0.4, -0.2) is 15.8 Å². The minimum absolute atomic E-state index is 0.0378. The van der Waals surface area contributed by atoms with Gasteiger partial charge in [-0.3, -0.25) is 0 Å². The number of rotatable bonds is 4. The molecule has 412 valence electrons. The summed E-state index contributed by atoms with van der Waals surface area (Å²) in [6.45, 7) is 90.1. The van der Waals surface area contributed by atoms with Gasteiger partial charge in [-0.2, -0.15) is 0 Å². The average molecular weight is 1040 g/mol. The highest BCUT2D eigenvalue weighted by molar-refractivity contribution is 7.20. The van der Waals surface area contributed by atoms with E-state index in [1.54, 1.807) is 65.3 Å². The fourth-order valence-electron chi connectivity index (χ4n) is 10.9. The summed E-state index contributed by atoms with van der Waals surface area (Å²) >= 11 is 0. The Bertz CT molecular complexity index is 2240. The maximum atomic E-state index is 2.72. The average Bonchev–Trinajstić information content (AvgIpc) is 3.14. The van der Waals surface area contributed by atoms with E-state index in [9.17, 15) is 0 Å². The Morgan fingerprint density at radius 2 is 0.257 bits per heavy atom. The van der Waals surface area contributed by atoms with Gasteiger partial charge in [0.05, 0.1) is 15.8 Å². The van der Waals surface area contributed by atoms with E-state index in [0.717, 1.165) is 0 Å². The Morgan fingerprint density at radius 3 is 0.324 bits per heavy atom. The second kappa shape index (κ2) is 19.6. The maximum absolute atomic E-state index is 2.72. The smallest absolute Gasteiger partial charge is 0.0561 e. The fraction of sp³-hybridized carbons (Fsp3) is 0.667. The lowest BCUT2D eigenvalue weighted by molar-refractivity contribution is 0.550. The summed E-state index contributed by atoms with van der Waals surface area (Å²) in [5.74, 6) is 0. The molecule has 0 amide bonds. The third-order valence-electron chi connectivity index (χ3n) is 15.7. The Balaban J connectivity index is 3.10. The highest BCUT2D eigenvalue weighted by atomic mass is 28.9. The van der Waals surface area contributed by atoms with Crippen molar-refractivity contribution in [2.45, 2.75) is 314 Å². The van der Waals surface area contributed by atoms with Crippen LogP contribution in [0.3, 0.4) is 0 Å². The Morgan fingerprint density at radius 1 is 0.162 bits per heavy atom. The lowest BCUT2D eigenvalue weighted by Gasteiger charge is -2.42. The molecular formula is C72H116Si2. The first kappa shape index (κ1) is 63.8. The van der Waals surface area contributed by atoms with E-state index in [2.05, 4.69) is 298 Å². The predicted octanol–water partition coefficient (Wildman–Crippen LogP) is 18.3. The van der Waals surface area contributed by atoms with Crippen LogP contribution in [0.25, 0.3) is 0 Å². The van der Waals surface area contributed by atoms with E-state index in [1.807, 2.05) is 0 Å². The molecule has 0 atom stereocenters. The molecule has 0 nitrogen and oxygen atoms in total. The molecule has 0 aromatic heterocycles. The van der Waals surface area contributed by atoms with Gasteiger partial charge in [0.15, 0.2) is 0 Å². The van der Waals surface area contributed by atoms with Crippen LogP contribution in [0, 0.1) is 0 Å². The Hall–Kier alpha value is -2.69. The van der Waals surface area contributed by atoms with Crippen LogP contribution in [0.2, 0.25) is 0 Å². The van der Waals surface area contributed by atoms with E-state index < -0.39 is 15.8 Å². The largest absolute Gasteiger partial charge is 0.0702 e. The standard InChI is InChI=1S/C72H116Si2/c1-61(2,3)45-37-49(65(13,14)15)57(50(38-45)66(16,17)18)73(58-51(67(19,20)21)39-46(62(4,5)6)40-52(58)68(22,23)24)74(59-53(69(25,26)27)41-47(63(7,8)9)42-54(59)70(28,29)30)60-55(71(31,32)33)43-48(64(10,11)12)44-56(60)72(34,35)36/h37-44H,1-36H3. The van der Waals surface area contributed by atoms with E-state index in [-0.39, 0.29) is 65.0 Å². The fourth-order valence-corrected chi connectivity index (χ4v) is 24.3. The molecule has 2 heteroatoms. The first-order chi connectivity index (χ1) is 32.3. The maximum Gasteiger partial charge on any atom is 0.0702 e. The zero-order chi connectivity index (χ0) is 58.0. The molecule has 0 N–H and O–H groups in total. The van der Waals surface area contributed by atoms with Gasteiger partial charge in [-0.25, -0.2) is 0 Å². The van der Waals surface area contributed by atoms with Crippen molar-refractivity contribution < 1.29 is 0 Å². The third kappa shape index (κ3) is 13.8. The normalized spacial score (nSPS) is 14.5. The lowest BCUT2D eigenvalue weighted by Crippen LogP contribution is -2.62. The molecule has 0 saturated carbocycles. The number of benzene rings is 4. The molecule has 0 radical (unpaired) electrons. The summed E-state index contributed by atoms with van der Waals surface area (Å²) in [5, 5.41) is 6.71. The summed E-state index contributed by atoms with van der Waals surface area (Å²) in [5.41, 5.74) is 16.8. The number of hydrogen-bond acceptors (Lipinski definition) is 0. The molecule has 0 aliphatic carbocycles. The highest BCUT2D eigenvalue weighted by Crippen LogP contribution is 2.41. The van der Waals surface area contributed by atoms with Gasteiger partial charge in [0.2, 0.25) is 0 Å². The Labute approximate surface area is 463 Å². The van der Waals surface area contributed by atoms with Crippen LogP contribution in [0.15, 0.2) is 48.5 Å². The quantitative estimate of drug-likeness (QED) is 0.179. The van der Waals surface area contributed by atoms with Crippen LogP contribution < -0.4 is 20.7 Å². The van der Waals surface area contributed by atoms with Gasteiger partial charge in [0, 0.05) is 0 Å². The van der Waals surface area contributed by atoms with Crippen LogP contribution in [-0.2, 0) is 65.0 Å². The van der Waals surface area contributed by atoms with E-state index in [4.69, 9.17) is 0 Å². The minimum Gasteiger partial charge on any atom is -0.0561 e. The molecule has 0 fully saturated rings. The zero-order valence-electron chi connectivity index (χ0n) is 55.6. The SMILES string of the molecule is CC(C)(C)c1cc(C(C)(C)C)c([Si](c2c(C(C)(C)C)cc(C(C)(C)C)cc2C(C)(C)C)=[Si](c2c(C(C)(C)C)cc(C(C)(C)C)cc2C(C)(C)C)c2c(C(C)(C)C)cc(C(C)(C)C)cc2C(C)(C)C)c(C(C)(C)C)c1. The van der Waals surface area contributed by atoms with Crippen molar-refractivity contribution in [2.75, 3.05) is 0 Å². The second-order valence-corrected chi connectivity index (χ2v) is 42.0. The van der Waals surface area contributed by atoms with Crippen molar-refractivity contribution in [3.8, 4) is 0 Å². The molecule has 0 aliphatic heterocycles. The summed E-state index contributed by atoms with van der Waals surface area (Å²) in [4.78, 5) is 0. The lowest BCUT2D eigenvalue weighted by atomic mass is 9.75. The van der Waals surface area contributed by atoms with E-state index in [1.165, 1.54) is 22.3 Å². The van der Waals surface area contributed by atoms with Crippen molar-refractivity contribution in [1.82, 2.24) is 0 Å². The molecule has 0 heterocycles. The summed E-state index contributed by atoms with van der Waals surface area (Å²) in [7, 11) is -3.87. The van der Waals surface area contributed by atoms with Crippen LogP contribution in [0.1, 0.15) is 316 Å². The van der Waals surface area contributed by atoms with Crippen molar-refractivity contribution in [2.24, 2.45) is 0 Å². The first-order valence-electron chi connectivity index (χ1n) is 28.9. The molecule has 0 saturated heterocycles. The summed E-state index contributed by atoms with van der Waals surface area (Å²) in [6, 6.07) is 21.8. The van der Waals surface area contributed by atoms with Crippen molar-refractivity contribution >= 4 is 36.5 Å². The van der Waals surface area contributed by atoms with Gasteiger partial charge < -0.3 is 0 Å². The second-order valence-electron chi connectivity index (χ2n) is 35.5. The van der Waals surface area contributed by atoms with E-state index >= 15 is 0 Å². The van der Waals surface area contributed by atoms with Crippen LogP contribution >= 0.6 is 0 Å². The predicted molar refractivity (Wildman–Crippen MR) is 340 cm³/mol. The van der Waals surface area contributed by atoms with Gasteiger partial charge in [-0.1, -0.05) is 298 Å². The molecule has 4 aromatic rings. The monoisotopic (exact) mass is 1040 g/mol.